The second-order valence-corrected chi connectivity index (χ2v) is 6.57. The first-order chi connectivity index (χ1) is 13.5. The fourth-order valence-electron chi connectivity index (χ4n) is 3.23. The molecule has 0 aliphatic carbocycles. The molecule has 7 nitrogen and oxygen atoms in total. The average Bonchev–Trinajstić information content (AvgIpc) is 2.98. The molecule has 3 rings (SSSR count). The third kappa shape index (κ3) is 3.98. The summed E-state index contributed by atoms with van der Waals surface area (Å²) in [6.45, 7) is 2.86. The van der Waals surface area contributed by atoms with E-state index >= 15 is 0 Å². The van der Waals surface area contributed by atoms with Crippen molar-refractivity contribution >= 4 is 22.8 Å². The minimum absolute atomic E-state index is 0.0504. The lowest BCUT2D eigenvalue weighted by Crippen LogP contribution is -2.33. The Labute approximate surface area is 163 Å². The summed E-state index contributed by atoms with van der Waals surface area (Å²) in [5.74, 6) is -0.435. The molecule has 1 aromatic heterocycles. The summed E-state index contributed by atoms with van der Waals surface area (Å²) in [7, 11) is 1.57. The number of hydrogen-bond donors (Lipinski definition) is 2. The van der Waals surface area contributed by atoms with E-state index in [1.165, 1.54) is 4.57 Å². The maximum Gasteiger partial charge on any atom is 0.329 e. The summed E-state index contributed by atoms with van der Waals surface area (Å²) < 4.78 is 3.21. The predicted molar refractivity (Wildman–Crippen MR) is 108 cm³/mol. The molecule has 0 bridgehead atoms. The fourth-order valence-corrected chi connectivity index (χ4v) is 3.23. The highest BCUT2D eigenvalue weighted by molar-refractivity contribution is 5.94. The highest BCUT2D eigenvalue weighted by Gasteiger charge is 2.14. The van der Waals surface area contributed by atoms with Crippen molar-refractivity contribution < 1.29 is 9.59 Å². The fraction of sp³-hybridized carbons (Fsp3) is 0.286. The second kappa shape index (κ2) is 8.56. The Hall–Kier alpha value is -3.35. The van der Waals surface area contributed by atoms with Gasteiger partial charge in [-0.1, -0.05) is 31.2 Å². The average molecular weight is 380 g/mol. The number of nitrogens with zero attached hydrogens (tertiary/aromatic N) is 2. The molecule has 0 aliphatic rings. The third-order valence-electron chi connectivity index (χ3n) is 4.58. The van der Waals surface area contributed by atoms with Gasteiger partial charge in [-0.15, -0.1) is 0 Å². The standard InChI is InChI=1S/C21H24N4O3/c1-3-11-24-17-9-4-5-10-18(17)25(21(24)28)14-19(26)23-13-15-7-6-8-16(12-15)20(27)22-2/h4-10,12H,3,11,13-14H2,1-2H3,(H,22,27)(H,23,26). The summed E-state index contributed by atoms with van der Waals surface area (Å²) in [5.41, 5.74) is 2.75. The van der Waals surface area contributed by atoms with Gasteiger partial charge < -0.3 is 10.6 Å². The molecule has 0 unspecified atom stereocenters. The second-order valence-electron chi connectivity index (χ2n) is 6.57. The zero-order valence-corrected chi connectivity index (χ0v) is 16.1. The number of carbonyl (C=O) groups excluding carboxylic acids is 2. The molecule has 0 aliphatic heterocycles. The smallest absolute Gasteiger partial charge is 0.329 e. The van der Waals surface area contributed by atoms with E-state index in [4.69, 9.17) is 0 Å². The molecular weight excluding hydrogens is 356 g/mol. The van der Waals surface area contributed by atoms with Gasteiger partial charge in [-0.2, -0.15) is 0 Å². The van der Waals surface area contributed by atoms with E-state index in [0.29, 0.717) is 12.1 Å². The largest absolute Gasteiger partial charge is 0.355 e. The van der Waals surface area contributed by atoms with E-state index in [9.17, 15) is 14.4 Å². The Morgan fingerprint density at radius 3 is 2.39 bits per heavy atom. The molecule has 0 atom stereocenters. The van der Waals surface area contributed by atoms with Gasteiger partial charge >= 0.3 is 5.69 Å². The maximum absolute atomic E-state index is 12.7. The molecule has 0 fully saturated rings. The van der Waals surface area contributed by atoms with E-state index in [2.05, 4.69) is 10.6 Å². The van der Waals surface area contributed by atoms with Gasteiger partial charge in [0.2, 0.25) is 5.91 Å². The van der Waals surface area contributed by atoms with E-state index in [-0.39, 0.29) is 30.6 Å². The highest BCUT2D eigenvalue weighted by Crippen LogP contribution is 2.13. The van der Waals surface area contributed by atoms with Gasteiger partial charge in [0.05, 0.1) is 11.0 Å². The number of hydrogen-bond acceptors (Lipinski definition) is 3. The van der Waals surface area contributed by atoms with Gasteiger partial charge in [0.1, 0.15) is 6.54 Å². The van der Waals surface area contributed by atoms with Crippen molar-refractivity contribution in [2.75, 3.05) is 7.05 Å². The zero-order chi connectivity index (χ0) is 20.1. The van der Waals surface area contributed by atoms with Crippen LogP contribution in [-0.4, -0.2) is 28.0 Å². The molecule has 28 heavy (non-hydrogen) atoms. The van der Waals surface area contributed by atoms with Crippen LogP contribution in [0.15, 0.2) is 53.3 Å². The summed E-state index contributed by atoms with van der Waals surface area (Å²) in [6.07, 6.45) is 0.835. The Morgan fingerprint density at radius 1 is 1.00 bits per heavy atom. The lowest BCUT2D eigenvalue weighted by Gasteiger charge is -2.08. The van der Waals surface area contributed by atoms with Gasteiger partial charge in [0.15, 0.2) is 0 Å². The Bertz CT molecular complexity index is 1060. The van der Waals surface area contributed by atoms with Crippen LogP contribution in [0.1, 0.15) is 29.3 Å². The number of para-hydroxylation sites is 2. The molecule has 0 spiro atoms. The number of carbonyl (C=O) groups is 2. The molecule has 146 valence electrons. The molecule has 0 saturated heterocycles. The summed E-state index contributed by atoms with van der Waals surface area (Å²) in [4.78, 5) is 36.9. The first kappa shape index (κ1) is 19.4. The topological polar surface area (TPSA) is 85.1 Å². The van der Waals surface area contributed by atoms with E-state index in [1.807, 2.05) is 37.3 Å². The minimum Gasteiger partial charge on any atom is -0.355 e. The summed E-state index contributed by atoms with van der Waals surface area (Å²) in [5, 5.41) is 5.40. The number of imidazole rings is 1. The lowest BCUT2D eigenvalue weighted by atomic mass is 10.1. The van der Waals surface area contributed by atoms with Crippen LogP contribution < -0.4 is 16.3 Å². The molecule has 3 aromatic rings. The van der Waals surface area contributed by atoms with Crippen LogP contribution in [0.4, 0.5) is 0 Å². The summed E-state index contributed by atoms with van der Waals surface area (Å²) >= 11 is 0. The molecule has 2 aromatic carbocycles. The summed E-state index contributed by atoms with van der Waals surface area (Å²) in [6, 6.07) is 14.5. The Kier molecular flexibility index (Phi) is 5.93. The van der Waals surface area contributed by atoms with Crippen molar-refractivity contribution in [2.45, 2.75) is 33.0 Å². The molecule has 0 radical (unpaired) electrons. The van der Waals surface area contributed by atoms with Crippen LogP contribution in [0.5, 0.6) is 0 Å². The first-order valence-electron chi connectivity index (χ1n) is 9.31. The first-order valence-corrected chi connectivity index (χ1v) is 9.31. The maximum atomic E-state index is 12.7. The number of fused-ring (bicyclic) bond motifs is 1. The number of amides is 2. The Morgan fingerprint density at radius 2 is 1.71 bits per heavy atom. The highest BCUT2D eigenvalue weighted by atomic mass is 16.2. The molecule has 2 N–H and O–H groups in total. The molecule has 7 heteroatoms. The van der Waals surface area contributed by atoms with E-state index in [1.54, 1.807) is 29.8 Å². The number of aryl methyl sites for hydroxylation is 1. The van der Waals surface area contributed by atoms with Gasteiger partial charge in [-0.25, -0.2) is 4.79 Å². The lowest BCUT2D eigenvalue weighted by molar-refractivity contribution is -0.121. The number of benzene rings is 2. The third-order valence-corrected chi connectivity index (χ3v) is 4.58. The van der Waals surface area contributed by atoms with Gasteiger partial charge in [0, 0.05) is 25.7 Å². The van der Waals surface area contributed by atoms with Crippen molar-refractivity contribution in [2.24, 2.45) is 0 Å². The van der Waals surface area contributed by atoms with Gasteiger partial charge in [-0.3, -0.25) is 18.7 Å². The monoisotopic (exact) mass is 380 g/mol. The van der Waals surface area contributed by atoms with E-state index in [0.717, 1.165) is 23.0 Å². The van der Waals surface area contributed by atoms with Crippen molar-refractivity contribution in [1.82, 2.24) is 19.8 Å². The van der Waals surface area contributed by atoms with Crippen LogP contribution in [0.2, 0.25) is 0 Å². The molecular formula is C21H24N4O3. The van der Waals surface area contributed by atoms with Crippen LogP contribution >= 0.6 is 0 Å². The molecule has 2 amide bonds. The number of aromatic nitrogens is 2. The van der Waals surface area contributed by atoms with Crippen LogP contribution in [-0.2, 0) is 24.4 Å². The number of nitrogens with one attached hydrogen (secondary N) is 2. The molecule has 1 heterocycles. The Balaban J connectivity index is 1.75. The normalized spacial score (nSPS) is 10.8. The van der Waals surface area contributed by atoms with Crippen LogP contribution in [0.25, 0.3) is 11.0 Å². The minimum atomic E-state index is -0.258. The van der Waals surface area contributed by atoms with Crippen molar-refractivity contribution in [3.63, 3.8) is 0 Å². The predicted octanol–water partition coefficient (Wildman–Crippen LogP) is 1.89. The van der Waals surface area contributed by atoms with Crippen LogP contribution in [0.3, 0.4) is 0 Å². The SMILES string of the molecule is CCCn1c(=O)n(CC(=O)NCc2cccc(C(=O)NC)c2)c2ccccc21. The van der Waals surface area contributed by atoms with Crippen LogP contribution in [0, 0.1) is 0 Å². The van der Waals surface area contributed by atoms with Crippen molar-refractivity contribution in [3.05, 3.63) is 70.1 Å². The zero-order valence-electron chi connectivity index (χ0n) is 16.1. The van der Waals surface area contributed by atoms with Crippen molar-refractivity contribution in [1.29, 1.82) is 0 Å². The van der Waals surface area contributed by atoms with Gasteiger partial charge in [-0.05, 0) is 36.2 Å². The molecule has 0 saturated carbocycles. The van der Waals surface area contributed by atoms with Crippen molar-refractivity contribution in [3.8, 4) is 0 Å². The van der Waals surface area contributed by atoms with E-state index < -0.39 is 0 Å². The van der Waals surface area contributed by atoms with Gasteiger partial charge in [0.25, 0.3) is 5.91 Å². The quantitative estimate of drug-likeness (QED) is 0.656. The number of rotatable bonds is 7.